The minimum atomic E-state index is -4.03. The normalized spacial score (nSPS) is 12.6. The second-order valence-corrected chi connectivity index (χ2v) is 11.8. The second kappa shape index (κ2) is 7.62. The maximum absolute atomic E-state index is 13.1. The molecule has 0 aliphatic heterocycles. The van der Waals surface area contributed by atoms with Crippen LogP contribution in [0.25, 0.3) is 21.7 Å². The summed E-state index contributed by atoms with van der Waals surface area (Å²) in [5, 5.41) is 9.02. The minimum absolute atomic E-state index is 0.0502. The molecule has 0 radical (unpaired) electrons. The number of aryl methyl sites for hydroxylation is 4. The summed E-state index contributed by atoms with van der Waals surface area (Å²) in [7, 11) is -8.04. The summed E-state index contributed by atoms with van der Waals surface area (Å²) in [5.74, 6) is 0. The van der Waals surface area contributed by atoms with E-state index in [1.54, 1.807) is 39.8 Å². The van der Waals surface area contributed by atoms with Crippen molar-refractivity contribution in [1.29, 1.82) is 0 Å². The van der Waals surface area contributed by atoms with Gasteiger partial charge in [0.1, 0.15) is 5.58 Å². The Hall–Kier alpha value is -3.77. The summed E-state index contributed by atoms with van der Waals surface area (Å²) in [6.07, 6.45) is 0. The molecule has 0 fully saturated rings. The molecule has 0 N–H and O–H groups in total. The Morgan fingerprint density at radius 1 is 0.657 bits per heavy atom. The number of benzene rings is 2. The Balaban J connectivity index is 1.68. The van der Waals surface area contributed by atoms with E-state index in [-0.39, 0.29) is 20.8 Å². The van der Waals surface area contributed by atoms with Crippen LogP contribution in [0.4, 0.5) is 0 Å². The van der Waals surface area contributed by atoms with Gasteiger partial charge in [-0.15, -0.1) is 0 Å². The fourth-order valence-corrected chi connectivity index (χ4v) is 6.85. The molecule has 0 aliphatic carbocycles. The van der Waals surface area contributed by atoms with Crippen LogP contribution in [0.5, 0.6) is 0 Å². The summed E-state index contributed by atoms with van der Waals surface area (Å²) >= 11 is 0. The van der Waals surface area contributed by atoms with Crippen LogP contribution in [-0.4, -0.2) is 35.2 Å². The van der Waals surface area contributed by atoms with Gasteiger partial charge in [0.2, 0.25) is 0 Å². The van der Waals surface area contributed by atoms with Crippen molar-refractivity contribution >= 4 is 41.8 Å². The molecule has 3 heterocycles. The lowest BCUT2D eigenvalue weighted by Crippen LogP contribution is -2.17. The van der Waals surface area contributed by atoms with E-state index in [9.17, 15) is 21.6 Å². The predicted octanol–water partition coefficient (Wildman–Crippen LogP) is 3.05. The lowest BCUT2D eigenvalue weighted by Gasteiger charge is -2.10. The first-order valence-corrected chi connectivity index (χ1v) is 13.4. The molecule has 5 rings (SSSR count). The number of hydrogen-bond donors (Lipinski definition) is 0. The fourth-order valence-electron chi connectivity index (χ4n) is 4.12. The van der Waals surface area contributed by atoms with Gasteiger partial charge in [0, 0.05) is 16.8 Å². The van der Waals surface area contributed by atoms with Crippen LogP contribution in [0.15, 0.2) is 67.5 Å². The molecule has 0 bridgehead atoms. The van der Waals surface area contributed by atoms with Gasteiger partial charge < -0.3 is 4.42 Å². The molecule has 3 aromatic heterocycles. The highest BCUT2D eigenvalue weighted by molar-refractivity contribution is 7.90. The van der Waals surface area contributed by atoms with Crippen LogP contribution in [-0.2, 0) is 20.0 Å². The van der Waals surface area contributed by atoms with Gasteiger partial charge >= 0.3 is 5.63 Å². The molecule has 0 atom stereocenters. The maximum Gasteiger partial charge on any atom is 0.344 e. The van der Waals surface area contributed by atoms with Crippen LogP contribution < -0.4 is 5.63 Å². The molecule has 180 valence electrons. The fraction of sp³-hybridized carbons (Fsp3) is 0.174. The Morgan fingerprint density at radius 3 is 1.63 bits per heavy atom. The molecule has 12 heteroatoms. The second-order valence-electron chi connectivity index (χ2n) is 8.31. The SMILES string of the molecule is Cc1cc(C)n(S(=O)(=O)c2ccc3c(c2)oc(=O)c2cc(S(=O)(=O)n4nc(C)cc4C)ccc23)n1. The number of nitrogens with zero attached hydrogens (tertiary/aromatic N) is 4. The summed E-state index contributed by atoms with van der Waals surface area (Å²) < 4.78 is 59.6. The average molecular weight is 513 g/mol. The van der Waals surface area contributed by atoms with Gasteiger partial charge in [0.25, 0.3) is 20.0 Å². The van der Waals surface area contributed by atoms with Crippen LogP contribution in [0.2, 0.25) is 0 Å². The van der Waals surface area contributed by atoms with E-state index in [1.807, 2.05) is 0 Å². The first-order valence-electron chi connectivity index (χ1n) is 10.5. The van der Waals surface area contributed by atoms with Crippen molar-refractivity contribution in [2.24, 2.45) is 0 Å². The van der Waals surface area contributed by atoms with Crippen molar-refractivity contribution in [3.05, 3.63) is 81.7 Å². The molecule has 10 nitrogen and oxygen atoms in total. The Morgan fingerprint density at radius 2 is 1.14 bits per heavy atom. The minimum Gasteiger partial charge on any atom is -0.422 e. The van der Waals surface area contributed by atoms with Crippen molar-refractivity contribution in [3.8, 4) is 0 Å². The van der Waals surface area contributed by atoms with Crippen molar-refractivity contribution in [3.63, 3.8) is 0 Å². The third-order valence-electron chi connectivity index (χ3n) is 5.64. The van der Waals surface area contributed by atoms with Gasteiger partial charge in [-0.25, -0.2) is 4.79 Å². The lowest BCUT2D eigenvalue weighted by atomic mass is 10.1. The van der Waals surface area contributed by atoms with Crippen LogP contribution in [0.3, 0.4) is 0 Å². The van der Waals surface area contributed by atoms with Gasteiger partial charge in [-0.3, -0.25) is 0 Å². The van der Waals surface area contributed by atoms with Gasteiger partial charge in [-0.2, -0.15) is 35.2 Å². The van der Waals surface area contributed by atoms with Crippen molar-refractivity contribution in [1.82, 2.24) is 18.4 Å². The standard InChI is InChI=1S/C23H20N4O6S2/c1-13-9-15(3)26(24-13)34(29,30)17-5-7-19-20-8-6-18(12-22(20)33-23(28)21(19)11-17)35(31,32)27-16(4)10-14(2)25-27/h5-12H,1-4H3. The first-order chi connectivity index (χ1) is 16.4. The van der Waals surface area contributed by atoms with E-state index in [4.69, 9.17) is 4.42 Å². The zero-order chi connectivity index (χ0) is 25.3. The van der Waals surface area contributed by atoms with Crippen LogP contribution in [0, 0.1) is 27.7 Å². The topological polar surface area (TPSA) is 134 Å². The molecule has 5 aromatic rings. The third kappa shape index (κ3) is 3.56. The van der Waals surface area contributed by atoms with Crippen molar-refractivity contribution in [2.75, 3.05) is 0 Å². The number of hydrogen-bond acceptors (Lipinski definition) is 8. The molecule has 0 saturated heterocycles. The zero-order valence-electron chi connectivity index (χ0n) is 19.2. The number of rotatable bonds is 4. The summed E-state index contributed by atoms with van der Waals surface area (Å²) in [6.45, 7) is 6.62. The van der Waals surface area contributed by atoms with Crippen LogP contribution in [0.1, 0.15) is 22.8 Å². The summed E-state index contributed by atoms with van der Waals surface area (Å²) in [6, 6.07) is 11.6. The van der Waals surface area contributed by atoms with Crippen molar-refractivity contribution in [2.45, 2.75) is 37.5 Å². The molecular weight excluding hydrogens is 492 g/mol. The zero-order valence-corrected chi connectivity index (χ0v) is 20.8. The third-order valence-corrected chi connectivity index (χ3v) is 8.99. The number of fused-ring (bicyclic) bond motifs is 3. The predicted molar refractivity (Wildman–Crippen MR) is 129 cm³/mol. The largest absolute Gasteiger partial charge is 0.422 e. The molecule has 0 unspecified atom stereocenters. The molecular formula is C23H20N4O6S2. The van der Waals surface area contributed by atoms with Crippen LogP contribution >= 0.6 is 0 Å². The van der Waals surface area contributed by atoms with Crippen molar-refractivity contribution < 1.29 is 21.3 Å². The van der Waals surface area contributed by atoms with E-state index in [2.05, 4.69) is 10.2 Å². The molecule has 0 aliphatic rings. The summed E-state index contributed by atoms with van der Waals surface area (Å²) in [4.78, 5) is 12.6. The molecule has 35 heavy (non-hydrogen) atoms. The van der Waals surface area contributed by atoms with E-state index in [0.717, 1.165) is 8.17 Å². The Labute approximate surface area is 200 Å². The highest BCUT2D eigenvalue weighted by Gasteiger charge is 2.24. The maximum atomic E-state index is 13.1. The van der Waals surface area contributed by atoms with E-state index in [0.29, 0.717) is 33.5 Å². The van der Waals surface area contributed by atoms with Gasteiger partial charge in [-0.05, 0) is 64.1 Å². The van der Waals surface area contributed by atoms with E-state index < -0.39 is 25.7 Å². The smallest absolute Gasteiger partial charge is 0.344 e. The quantitative estimate of drug-likeness (QED) is 0.265. The molecule has 2 aromatic carbocycles. The molecule has 0 saturated carbocycles. The monoisotopic (exact) mass is 512 g/mol. The van der Waals surface area contributed by atoms with Gasteiger partial charge in [-0.1, -0.05) is 6.07 Å². The lowest BCUT2D eigenvalue weighted by molar-refractivity contribution is 0.564. The highest BCUT2D eigenvalue weighted by Crippen LogP contribution is 2.28. The Bertz CT molecular complexity index is 1950. The average Bonchev–Trinajstić information content (AvgIpc) is 3.33. The highest BCUT2D eigenvalue weighted by atomic mass is 32.2. The summed E-state index contributed by atoms with van der Waals surface area (Å²) in [5.41, 5.74) is 1.24. The van der Waals surface area contributed by atoms with E-state index in [1.165, 1.54) is 36.4 Å². The number of aromatic nitrogens is 4. The van der Waals surface area contributed by atoms with E-state index >= 15 is 0 Å². The van der Waals surface area contributed by atoms with Gasteiger partial charge in [0.15, 0.2) is 0 Å². The Kier molecular flexibility index (Phi) is 5.00. The molecule has 0 amide bonds. The first kappa shape index (κ1) is 23.0. The van der Waals surface area contributed by atoms with Gasteiger partial charge in [0.05, 0.1) is 38.0 Å². The molecule has 0 spiro atoms.